The van der Waals surface area contributed by atoms with Gasteiger partial charge in [-0.05, 0) is 19.4 Å². The molecule has 1 fully saturated rings. The van der Waals surface area contributed by atoms with Crippen LogP contribution in [0.4, 0.5) is 0 Å². The molecule has 0 spiro atoms. The van der Waals surface area contributed by atoms with Gasteiger partial charge >= 0.3 is 0 Å². The largest absolute Gasteiger partial charge is 0.388 e. The smallest absolute Gasteiger partial charge is 0.246 e. The van der Waals surface area contributed by atoms with Crippen LogP contribution in [0.5, 0.6) is 0 Å². The van der Waals surface area contributed by atoms with Crippen molar-refractivity contribution in [2.75, 3.05) is 19.6 Å². The summed E-state index contributed by atoms with van der Waals surface area (Å²) in [5, 5.41) is 25.8. The molecule has 2 heterocycles. The van der Waals surface area contributed by atoms with Crippen molar-refractivity contribution in [3.8, 4) is 0 Å². The number of carbonyl (C=O) groups excluding carboxylic acids is 2. The number of amides is 2. The molecule has 2 rings (SSSR count). The maximum atomic E-state index is 12.2. The lowest BCUT2D eigenvalue weighted by Gasteiger charge is -2.41. The normalized spacial score (nSPS) is 24.9. The Labute approximate surface area is 138 Å². The number of thiazole rings is 1. The average molecular weight is 339 g/mol. The fraction of sp³-hybridized carbons (Fsp3) is 0.533. The molecule has 3 N–H and O–H groups in total. The topological polar surface area (TPSA) is 103 Å². The molecule has 1 aliphatic rings. The molecule has 1 aliphatic heterocycles. The quantitative estimate of drug-likeness (QED) is 0.666. The molecule has 23 heavy (non-hydrogen) atoms. The molecule has 0 radical (unpaired) electrons. The van der Waals surface area contributed by atoms with Gasteiger partial charge in [0.05, 0.1) is 10.7 Å². The minimum absolute atomic E-state index is 0.0232. The van der Waals surface area contributed by atoms with Crippen LogP contribution < -0.4 is 5.32 Å². The van der Waals surface area contributed by atoms with E-state index in [1.807, 2.05) is 12.3 Å². The summed E-state index contributed by atoms with van der Waals surface area (Å²) in [5.41, 5.74) is -0.682. The number of hydrogen-bond acceptors (Lipinski definition) is 6. The lowest BCUT2D eigenvalue weighted by molar-refractivity contribution is -0.146. The van der Waals surface area contributed by atoms with Gasteiger partial charge in [0.1, 0.15) is 11.7 Å². The van der Waals surface area contributed by atoms with Gasteiger partial charge < -0.3 is 20.4 Å². The zero-order chi connectivity index (χ0) is 17.0. The van der Waals surface area contributed by atoms with E-state index in [1.165, 1.54) is 29.2 Å². The average Bonchev–Trinajstić information content (AvgIpc) is 2.91. The van der Waals surface area contributed by atoms with Gasteiger partial charge in [-0.15, -0.1) is 11.3 Å². The van der Waals surface area contributed by atoms with E-state index in [0.717, 1.165) is 10.7 Å². The van der Waals surface area contributed by atoms with Gasteiger partial charge in [0.25, 0.3) is 0 Å². The number of carbonyl (C=O) groups is 2. The van der Waals surface area contributed by atoms with Crippen LogP contribution >= 0.6 is 11.3 Å². The summed E-state index contributed by atoms with van der Waals surface area (Å²) in [6.45, 7) is 3.54. The first kappa shape index (κ1) is 17.6. The van der Waals surface area contributed by atoms with Crippen molar-refractivity contribution < 1.29 is 19.8 Å². The van der Waals surface area contributed by atoms with Crippen LogP contribution in [0.15, 0.2) is 11.5 Å². The number of nitrogens with one attached hydrogen (secondary N) is 1. The highest BCUT2D eigenvalue weighted by Crippen LogP contribution is 2.22. The minimum atomic E-state index is -1.40. The molecule has 0 aliphatic carbocycles. The molecule has 7 nitrogen and oxygen atoms in total. The number of hydrogen-bond donors (Lipinski definition) is 3. The number of aliphatic hydroxyl groups is 2. The molecule has 8 heteroatoms. The highest BCUT2D eigenvalue weighted by molar-refractivity contribution is 7.09. The zero-order valence-corrected chi connectivity index (χ0v) is 14.0. The Bertz CT molecular complexity index is 616. The van der Waals surface area contributed by atoms with Crippen LogP contribution in [-0.2, 0) is 9.59 Å². The molecule has 0 saturated carbocycles. The van der Waals surface area contributed by atoms with Gasteiger partial charge in [-0.3, -0.25) is 9.59 Å². The molecule has 0 bridgehead atoms. The Morgan fingerprint density at radius 1 is 1.61 bits per heavy atom. The predicted molar refractivity (Wildman–Crippen MR) is 86.7 cm³/mol. The Morgan fingerprint density at radius 2 is 2.35 bits per heavy atom. The van der Waals surface area contributed by atoms with Gasteiger partial charge in [0, 0.05) is 38.0 Å². The lowest BCUT2D eigenvalue weighted by Crippen LogP contribution is -2.60. The molecule has 0 unspecified atom stereocenters. The van der Waals surface area contributed by atoms with E-state index >= 15 is 0 Å². The molecule has 2 amide bonds. The first-order valence-corrected chi connectivity index (χ1v) is 8.22. The Morgan fingerprint density at radius 3 is 2.91 bits per heavy atom. The molecule has 126 valence electrons. The second kappa shape index (κ2) is 7.20. The fourth-order valence-corrected chi connectivity index (χ4v) is 2.95. The summed E-state index contributed by atoms with van der Waals surface area (Å²) in [4.78, 5) is 28.8. The van der Waals surface area contributed by atoms with Gasteiger partial charge in [-0.25, -0.2) is 4.98 Å². The third kappa shape index (κ3) is 4.60. The van der Waals surface area contributed by atoms with Crippen LogP contribution in [0.3, 0.4) is 0 Å². The molecule has 0 aromatic carbocycles. The maximum Gasteiger partial charge on any atom is 0.246 e. The van der Waals surface area contributed by atoms with Crippen LogP contribution in [0.1, 0.15) is 24.0 Å². The zero-order valence-electron chi connectivity index (χ0n) is 13.2. The summed E-state index contributed by atoms with van der Waals surface area (Å²) >= 11 is 1.50. The molecule has 1 saturated heterocycles. The highest BCUT2D eigenvalue weighted by Gasteiger charge is 2.41. The Hall–Kier alpha value is -1.77. The third-order valence-corrected chi connectivity index (χ3v) is 4.61. The summed E-state index contributed by atoms with van der Waals surface area (Å²) in [5.74, 6) is -0.512. The van der Waals surface area contributed by atoms with Crippen LogP contribution in [-0.4, -0.2) is 63.3 Å². The van der Waals surface area contributed by atoms with E-state index < -0.39 is 11.7 Å². The van der Waals surface area contributed by atoms with Gasteiger partial charge in [0.15, 0.2) is 0 Å². The number of likely N-dealkylation sites (tertiary alicyclic amines) is 1. The number of aromatic nitrogens is 1. The SMILES string of the molecule is CC(=O)NC[C@]1(O)CCN(C(=O)/C=C/c2csc(C)n2)C[C@H]1O. The van der Waals surface area contributed by atoms with Crippen LogP contribution in [0, 0.1) is 6.92 Å². The number of nitrogens with zero attached hydrogens (tertiary/aromatic N) is 2. The molecular weight excluding hydrogens is 318 g/mol. The van der Waals surface area contributed by atoms with Crippen molar-refractivity contribution >= 4 is 29.2 Å². The number of aryl methyl sites for hydroxylation is 1. The first-order valence-electron chi connectivity index (χ1n) is 7.34. The van der Waals surface area contributed by atoms with Gasteiger partial charge in [-0.2, -0.15) is 0 Å². The van der Waals surface area contributed by atoms with E-state index in [2.05, 4.69) is 10.3 Å². The van der Waals surface area contributed by atoms with Crippen molar-refractivity contribution in [2.45, 2.75) is 32.0 Å². The second-order valence-corrected chi connectivity index (χ2v) is 6.75. The summed E-state index contributed by atoms with van der Waals surface area (Å²) in [6, 6.07) is 0. The monoisotopic (exact) mass is 339 g/mol. The van der Waals surface area contributed by atoms with E-state index in [1.54, 1.807) is 6.08 Å². The van der Waals surface area contributed by atoms with Crippen molar-refractivity contribution in [1.82, 2.24) is 15.2 Å². The fourth-order valence-electron chi connectivity index (χ4n) is 2.37. The van der Waals surface area contributed by atoms with E-state index in [9.17, 15) is 19.8 Å². The van der Waals surface area contributed by atoms with Crippen molar-refractivity contribution in [3.63, 3.8) is 0 Å². The Kier molecular flexibility index (Phi) is 5.51. The summed E-state index contributed by atoms with van der Waals surface area (Å²) < 4.78 is 0. The van der Waals surface area contributed by atoms with Gasteiger partial charge in [0.2, 0.25) is 11.8 Å². The predicted octanol–water partition coefficient (Wildman–Crippen LogP) is -0.0749. The van der Waals surface area contributed by atoms with E-state index in [-0.39, 0.29) is 31.3 Å². The van der Waals surface area contributed by atoms with E-state index in [0.29, 0.717) is 6.54 Å². The van der Waals surface area contributed by atoms with Crippen LogP contribution in [0.2, 0.25) is 0 Å². The second-order valence-electron chi connectivity index (χ2n) is 5.69. The standard InChI is InChI=1S/C15H21N3O4S/c1-10(19)16-9-15(22)5-6-18(7-13(15)20)14(21)4-3-12-8-23-11(2)17-12/h3-4,8,13,20,22H,5-7,9H2,1-2H3,(H,16,19)/b4-3+/t13-,15-/m1/s1. The number of rotatable bonds is 4. The summed E-state index contributed by atoms with van der Waals surface area (Å²) in [6.07, 6.45) is 2.14. The minimum Gasteiger partial charge on any atom is -0.388 e. The van der Waals surface area contributed by atoms with Gasteiger partial charge in [-0.1, -0.05) is 0 Å². The van der Waals surface area contributed by atoms with E-state index in [4.69, 9.17) is 0 Å². The third-order valence-electron chi connectivity index (χ3n) is 3.82. The number of piperidine rings is 1. The summed E-state index contributed by atoms with van der Waals surface area (Å²) in [7, 11) is 0. The first-order chi connectivity index (χ1) is 10.8. The van der Waals surface area contributed by atoms with Crippen molar-refractivity contribution in [2.24, 2.45) is 0 Å². The lowest BCUT2D eigenvalue weighted by atomic mass is 9.88. The number of aliphatic hydroxyl groups excluding tert-OH is 1. The molecule has 1 aromatic rings. The Balaban J connectivity index is 1.92. The number of β-amino-alcohol motifs (C(OH)–C–C–N with tert-alkyl or cyclic N) is 1. The molecule has 1 aromatic heterocycles. The van der Waals surface area contributed by atoms with Crippen molar-refractivity contribution in [3.05, 3.63) is 22.2 Å². The molecular formula is C15H21N3O4S. The maximum absolute atomic E-state index is 12.2. The molecule has 2 atom stereocenters. The van der Waals surface area contributed by atoms with Crippen molar-refractivity contribution in [1.29, 1.82) is 0 Å². The van der Waals surface area contributed by atoms with Crippen LogP contribution in [0.25, 0.3) is 6.08 Å². The highest BCUT2D eigenvalue weighted by atomic mass is 32.1.